The minimum atomic E-state index is -0.128. The maximum atomic E-state index is 5.51. The highest BCUT2D eigenvalue weighted by Gasteiger charge is 2.30. The van der Waals surface area contributed by atoms with Gasteiger partial charge in [0.15, 0.2) is 0 Å². The van der Waals surface area contributed by atoms with Gasteiger partial charge in [0, 0.05) is 13.5 Å². The Kier molecular flexibility index (Phi) is 5.16. The minimum absolute atomic E-state index is 0.0385. The maximum absolute atomic E-state index is 5.51. The lowest BCUT2D eigenvalue weighted by molar-refractivity contribution is 0.00718. The molecule has 5 heteroatoms. The molecule has 1 saturated heterocycles. The first-order valence-corrected chi connectivity index (χ1v) is 7.56. The second kappa shape index (κ2) is 6.68. The van der Waals surface area contributed by atoms with Gasteiger partial charge >= 0.3 is 0 Å². The fourth-order valence-electron chi connectivity index (χ4n) is 2.82. The number of rotatable bonds is 5. The van der Waals surface area contributed by atoms with Crippen molar-refractivity contribution in [1.29, 1.82) is 0 Å². The van der Waals surface area contributed by atoms with Gasteiger partial charge in [0.05, 0.1) is 0 Å². The molecule has 0 saturated carbocycles. The summed E-state index contributed by atoms with van der Waals surface area (Å²) in [5, 5.41) is 7.53. The van der Waals surface area contributed by atoms with Gasteiger partial charge in [-0.05, 0) is 43.7 Å². The molecule has 1 aliphatic rings. The van der Waals surface area contributed by atoms with Crippen LogP contribution in [0.1, 0.15) is 57.9 Å². The molecule has 5 nitrogen and oxygen atoms in total. The van der Waals surface area contributed by atoms with Crippen molar-refractivity contribution in [2.75, 3.05) is 20.2 Å². The van der Waals surface area contributed by atoms with Crippen LogP contribution in [0.5, 0.6) is 0 Å². The average Bonchev–Trinajstić information content (AvgIpc) is 2.85. The molecule has 1 N–H and O–H groups in total. The molecule has 0 radical (unpaired) electrons. The molecule has 2 rings (SSSR count). The molecule has 0 aliphatic carbocycles. The number of aromatic nitrogens is 2. The number of methoxy groups -OCH3 is 1. The highest BCUT2D eigenvalue weighted by Crippen LogP contribution is 2.33. The summed E-state index contributed by atoms with van der Waals surface area (Å²) in [6.45, 7) is 8.62. The lowest BCUT2D eigenvalue weighted by Gasteiger charge is -2.26. The van der Waals surface area contributed by atoms with Crippen LogP contribution in [0.25, 0.3) is 0 Å². The third-order valence-corrected chi connectivity index (χ3v) is 3.91. The summed E-state index contributed by atoms with van der Waals surface area (Å²) in [7, 11) is 1.69. The molecule has 2 atom stereocenters. The zero-order valence-corrected chi connectivity index (χ0v) is 13.1. The topological polar surface area (TPSA) is 60.2 Å². The van der Waals surface area contributed by atoms with Gasteiger partial charge in [-0.15, -0.1) is 0 Å². The van der Waals surface area contributed by atoms with Crippen molar-refractivity contribution in [3.05, 3.63) is 11.7 Å². The molecule has 2 unspecified atom stereocenters. The minimum Gasteiger partial charge on any atom is -0.373 e. The third-order valence-electron chi connectivity index (χ3n) is 3.91. The van der Waals surface area contributed by atoms with E-state index in [1.54, 1.807) is 7.11 Å². The Labute approximate surface area is 121 Å². The zero-order valence-electron chi connectivity index (χ0n) is 13.1. The molecule has 114 valence electrons. The fourth-order valence-corrected chi connectivity index (χ4v) is 2.82. The predicted molar refractivity (Wildman–Crippen MR) is 77.4 cm³/mol. The molecule has 20 heavy (non-hydrogen) atoms. The summed E-state index contributed by atoms with van der Waals surface area (Å²) in [6.07, 6.45) is 4.42. The van der Waals surface area contributed by atoms with E-state index in [0.29, 0.717) is 5.82 Å². The largest absolute Gasteiger partial charge is 0.373 e. The third kappa shape index (κ3) is 4.03. The summed E-state index contributed by atoms with van der Waals surface area (Å²) >= 11 is 0. The molecule has 1 fully saturated rings. The quantitative estimate of drug-likeness (QED) is 0.899. The van der Waals surface area contributed by atoms with Crippen molar-refractivity contribution in [3.8, 4) is 0 Å². The molecule has 0 bridgehead atoms. The Morgan fingerprint density at radius 3 is 2.85 bits per heavy atom. The van der Waals surface area contributed by atoms with E-state index >= 15 is 0 Å². The lowest BCUT2D eigenvalue weighted by atomic mass is 9.88. The molecule has 0 aromatic carbocycles. The number of hydrogen-bond acceptors (Lipinski definition) is 5. The number of nitrogens with one attached hydrogen (secondary N) is 1. The SMILES string of the molecule is COC(c1noc(CCC2CCCNC2)n1)C(C)(C)C. The van der Waals surface area contributed by atoms with Crippen molar-refractivity contribution in [1.82, 2.24) is 15.5 Å². The Morgan fingerprint density at radius 1 is 1.45 bits per heavy atom. The molecule has 0 spiro atoms. The summed E-state index contributed by atoms with van der Waals surface area (Å²) in [5.41, 5.74) is -0.0385. The van der Waals surface area contributed by atoms with Gasteiger partial charge in [-0.1, -0.05) is 25.9 Å². The van der Waals surface area contributed by atoms with Gasteiger partial charge in [0.2, 0.25) is 11.7 Å². The summed E-state index contributed by atoms with van der Waals surface area (Å²) in [6, 6.07) is 0. The first-order valence-electron chi connectivity index (χ1n) is 7.56. The Hall–Kier alpha value is -0.940. The highest BCUT2D eigenvalue weighted by molar-refractivity contribution is 4.96. The van der Waals surface area contributed by atoms with Crippen LogP contribution < -0.4 is 5.32 Å². The van der Waals surface area contributed by atoms with Crippen molar-refractivity contribution in [3.63, 3.8) is 0 Å². The lowest BCUT2D eigenvalue weighted by Crippen LogP contribution is -2.29. The number of piperidine rings is 1. The molecule has 2 heterocycles. The van der Waals surface area contributed by atoms with Crippen molar-refractivity contribution < 1.29 is 9.26 Å². The second-order valence-corrected chi connectivity index (χ2v) is 6.78. The van der Waals surface area contributed by atoms with Crippen molar-refractivity contribution >= 4 is 0 Å². The van der Waals surface area contributed by atoms with Crippen LogP contribution in [-0.4, -0.2) is 30.3 Å². The van der Waals surface area contributed by atoms with Gasteiger partial charge in [-0.2, -0.15) is 4.98 Å². The first kappa shape index (κ1) is 15.4. The molecule has 0 amide bonds. The first-order chi connectivity index (χ1) is 9.50. The van der Waals surface area contributed by atoms with Crippen LogP contribution in [0.3, 0.4) is 0 Å². The Balaban J connectivity index is 1.91. The predicted octanol–water partition coefficient (Wildman–Crippen LogP) is 2.74. The Bertz CT molecular complexity index is 405. The van der Waals surface area contributed by atoms with E-state index in [-0.39, 0.29) is 11.5 Å². The van der Waals surface area contributed by atoms with Gasteiger partial charge in [0.25, 0.3) is 0 Å². The van der Waals surface area contributed by atoms with Gasteiger partial charge < -0.3 is 14.6 Å². The Morgan fingerprint density at radius 2 is 2.25 bits per heavy atom. The van der Waals surface area contributed by atoms with Crippen LogP contribution in [-0.2, 0) is 11.2 Å². The van der Waals surface area contributed by atoms with Crippen LogP contribution in [0.4, 0.5) is 0 Å². The van der Waals surface area contributed by atoms with Crippen LogP contribution >= 0.6 is 0 Å². The molecular weight excluding hydrogens is 254 g/mol. The zero-order chi connectivity index (χ0) is 14.6. The van der Waals surface area contributed by atoms with Crippen LogP contribution in [0, 0.1) is 11.3 Å². The number of aryl methyl sites for hydroxylation is 1. The maximum Gasteiger partial charge on any atom is 0.226 e. The number of nitrogens with zero attached hydrogens (tertiary/aromatic N) is 2. The summed E-state index contributed by atoms with van der Waals surface area (Å²) < 4.78 is 10.9. The smallest absolute Gasteiger partial charge is 0.226 e. The van der Waals surface area contributed by atoms with Gasteiger partial charge in [-0.25, -0.2) is 0 Å². The van der Waals surface area contributed by atoms with E-state index in [9.17, 15) is 0 Å². The summed E-state index contributed by atoms with van der Waals surface area (Å²) in [4.78, 5) is 4.51. The van der Waals surface area contributed by atoms with E-state index in [4.69, 9.17) is 9.26 Å². The van der Waals surface area contributed by atoms with E-state index in [2.05, 4.69) is 36.2 Å². The standard InChI is InChI=1S/C15H27N3O2/c1-15(2,3)13(19-4)14-17-12(20-18-14)8-7-11-6-5-9-16-10-11/h11,13,16H,5-10H2,1-4H3. The van der Waals surface area contributed by atoms with Crippen LogP contribution in [0.2, 0.25) is 0 Å². The fraction of sp³-hybridized carbons (Fsp3) is 0.867. The highest BCUT2D eigenvalue weighted by atomic mass is 16.5. The molecule has 1 aromatic rings. The van der Waals surface area contributed by atoms with E-state index in [0.717, 1.165) is 37.7 Å². The number of ether oxygens (including phenoxy) is 1. The van der Waals surface area contributed by atoms with Gasteiger partial charge in [-0.3, -0.25) is 0 Å². The van der Waals surface area contributed by atoms with Crippen LogP contribution in [0.15, 0.2) is 4.52 Å². The van der Waals surface area contributed by atoms with Crippen molar-refractivity contribution in [2.24, 2.45) is 11.3 Å². The van der Waals surface area contributed by atoms with E-state index in [1.165, 1.54) is 12.8 Å². The number of hydrogen-bond donors (Lipinski definition) is 1. The van der Waals surface area contributed by atoms with Gasteiger partial charge in [0.1, 0.15) is 6.10 Å². The molecular formula is C15H27N3O2. The summed E-state index contributed by atoms with van der Waals surface area (Å²) in [5.74, 6) is 2.13. The normalized spacial score (nSPS) is 21.9. The monoisotopic (exact) mass is 281 g/mol. The van der Waals surface area contributed by atoms with E-state index in [1.807, 2.05) is 0 Å². The van der Waals surface area contributed by atoms with E-state index < -0.39 is 0 Å². The average molecular weight is 281 g/mol. The molecule has 1 aliphatic heterocycles. The second-order valence-electron chi connectivity index (χ2n) is 6.78. The molecule has 1 aromatic heterocycles. The van der Waals surface area contributed by atoms with Crippen molar-refractivity contribution in [2.45, 2.75) is 52.6 Å².